The molecule has 7 nitrogen and oxygen atoms in total. The van der Waals surface area contributed by atoms with Crippen molar-refractivity contribution in [3.8, 4) is 17.2 Å². The first-order valence-corrected chi connectivity index (χ1v) is 9.97. The van der Waals surface area contributed by atoms with Gasteiger partial charge in [0.1, 0.15) is 23.8 Å². The van der Waals surface area contributed by atoms with E-state index in [1.54, 1.807) is 11.8 Å². The monoisotopic (exact) mass is 450 g/mol. The van der Waals surface area contributed by atoms with E-state index in [0.29, 0.717) is 22.4 Å². The van der Waals surface area contributed by atoms with Crippen LogP contribution in [0.25, 0.3) is 5.69 Å². The smallest absolute Gasteiger partial charge is 0.214 e. The summed E-state index contributed by atoms with van der Waals surface area (Å²) < 4.78 is 13.6. The van der Waals surface area contributed by atoms with Crippen molar-refractivity contribution in [2.45, 2.75) is 18.2 Å². The fraction of sp³-hybridized carbons (Fsp3) is 0.278. The molecule has 3 aromatic rings. The number of rotatable bonds is 8. The van der Waals surface area contributed by atoms with Gasteiger partial charge in [0, 0.05) is 10.2 Å². The number of hydrogen-bond acceptors (Lipinski definition) is 7. The highest BCUT2D eigenvalue weighted by Crippen LogP contribution is 2.27. The lowest BCUT2D eigenvalue weighted by molar-refractivity contribution is 0.126. The number of methoxy groups -OCH3 is 1. The molecule has 0 aliphatic rings. The molecule has 1 aromatic heterocycles. The Bertz CT molecular complexity index is 906. The zero-order chi connectivity index (χ0) is 19.2. The standard InChI is InChI=1S/C18H19BrN4O3S/c1-12-6-7-17(25-2)16(8-12)23-18(20-21-22-23)27-11-14(24)10-26-15-5-3-4-13(19)9-15/h3-9,14,24H,10-11H2,1-2H3. The average molecular weight is 451 g/mol. The van der Waals surface area contributed by atoms with Gasteiger partial charge >= 0.3 is 0 Å². The average Bonchev–Trinajstić information content (AvgIpc) is 3.13. The van der Waals surface area contributed by atoms with Gasteiger partial charge in [-0.2, -0.15) is 4.68 Å². The summed E-state index contributed by atoms with van der Waals surface area (Å²) in [6, 6.07) is 13.3. The Balaban J connectivity index is 1.63. The molecule has 0 fully saturated rings. The lowest BCUT2D eigenvalue weighted by Crippen LogP contribution is -2.20. The summed E-state index contributed by atoms with van der Waals surface area (Å²) in [5.41, 5.74) is 1.82. The summed E-state index contributed by atoms with van der Waals surface area (Å²) in [4.78, 5) is 0. The van der Waals surface area contributed by atoms with Gasteiger partial charge in [-0.1, -0.05) is 39.8 Å². The number of halogens is 1. The Hall–Kier alpha value is -2.10. The molecule has 0 spiro atoms. The van der Waals surface area contributed by atoms with Gasteiger partial charge in [0.05, 0.1) is 13.2 Å². The predicted octanol–water partition coefficient (Wildman–Crippen LogP) is 3.27. The third-order valence-electron chi connectivity index (χ3n) is 3.65. The molecule has 27 heavy (non-hydrogen) atoms. The Morgan fingerprint density at radius 1 is 1.26 bits per heavy atom. The van der Waals surface area contributed by atoms with Crippen molar-refractivity contribution in [1.29, 1.82) is 0 Å². The third-order valence-corrected chi connectivity index (χ3v) is 5.20. The Labute approximate surface area is 169 Å². The minimum atomic E-state index is -0.668. The van der Waals surface area contributed by atoms with Crippen LogP contribution in [-0.4, -0.2) is 50.9 Å². The van der Waals surface area contributed by atoms with Crippen LogP contribution in [0, 0.1) is 6.92 Å². The zero-order valence-electron chi connectivity index (χ0n) is 14.9. The van der Waals surface area contributed by atoms with Gasteiger partial charge in [-0.25, -0.2) is 0 Å². The summed E-state index contributed by atoms with van der Waals surface area (Å²) in [6.07, 6.45) is -0.668. The molecule has 142 valence electrons. The number of aromatic nitrogens is 4. The molecule has 1 N–H and O–H groups in total. The van der Waals surface area contributed by atoms with Crippen molar-refractivity contribution in [2.24, 2.45) is 0 Å². The Kier molecular flexibility index (Phi) is 6.70. The number of thioether (sulfide) groups is 1. The number of aryl methyl sites for hydroxylation is 1. The lowest BCUT2D eigenvalue weighted by Gasteiger charge is -2.13. The van der Waals surface area contributed by atoms with E-state index < -0.39 is 6.10 Å². The highest BCUT2D eigenvalue weighted by atomic mass is 79.9. The van der Waals surface area contributed by atoms with E-state index in [4.69, 9.17) is 9.47 Å². The van der Waals surface area contributed by atoms with Gasteiger partial charge in [-0.05, 0) is 53.2 Å². The van der Waals surface area contributed by atoms with E-state index in [1.165, 1.54) is 11.8 Å². The molecule has 1 atom stereocenters. The molecule has 3 rings (SSSR count). The molecule has 0 bridgehead atoms. The molecule has 0 aliphatic heterocycles. The van der Waals surface area contributed by atoms with Crippen LogP contribution in [0.3, 0.4) is 0 Å². The first-order chi connectivity index (χ1) is 13.1. The largest absolute Gasteiger partial charge is 0.494 e. The second kappa shape index (κ2) is 9.20. The van der Waals surface area contributed by atoms with Gasteiger partial charge in [-0.15, -0.1) is 5.10 Å². The highest BCUT2D eigenvalue weighted by Gasteiger charge is 2.16. The molecule has 0 radical (unpaired) electrons. The minimum absolute atomic E-state index is 0.179. The molecule has 1 unspecified atom stereocenters. The number of ether oxygens (including phenoxy) is 2. The van der Waals surface area contributed by atoms with E-state index >= 15 is 0 Å². The summed E-state index contributed by atoms with van der Waals surface area (Å²) in [5.74, 6) is 1.76. The van der Waals surface area contributed by atoms with Crippen LogP contribution in [0.2, 0.25) is 0 Å². The van der Waals surface area contributed by atoms with Gasteiger partial charge in [0.15, 0.2) is 0 Å². The lowest BCUT2D eigenvalue weighted by atomic mass is 10.2. The van der Waals surface area contributed by atoms with Crippen molar-refractivity contribution in [3.05, 3.63) is 52.5 Å². The van der Waals surface area contributed by atoms with E-state index in [-0.39, 0.29) is 6.61 Å². The van der Waals surface area contributed by atoms with Crippen LogP contribution in [0.5, 0.6) is 11.5 Å². The van der Waals surface area contributed by atoms with Crippen LogP contribution in [0.1, 0.15) is 5.56 Å². The van der Waals surface area contributed by atoms with Crippen LogP contribution >= 0.6 is 27.7 Å². The molecule has 1 heterocycles. The fourth-order valence-corrected chi connectivity index (χ4v) is 3.52. The third kappa shape index (κ3) is 5.21. The summed E-state index contributed by atoms with van der Waals surface area (Å²) in [7, 11) is 1.61. The van der Waals surface area contributed by atoms with Gasteiger partial charge in [-0.3, -0.25) is 0 Å². The van der Waals surface area contributed by atoms with Crippen LogP contribution in [0.15, 0.2) is 52.1 Å². The minimum Gasteiger partial charge on any atom is -0.494 e. The van der Waals surface area contributed by atoms with E-state index in [1.807, 2.05) is 49.4 Å². The Morgan fingerprint density at radius 2 is 2.11 bits per heavy atom. The van der Waals surface area contributed by atoms with Crippen LogP contribution < -0.4 is 9.47 Å². The second-order valence-electron chi connectivity index (χ2n) is 5.78. The fourth-order valence-electron chi connectivity index (χ4n) is 2.35. The number of tetrazole rings is 1. The number of benzene rings is 2. The van der Waals surface area contributed by atoms with Crippen molar-refractivity contribution in [1.82, 2.24) is 20.2 Å². The first kappa shape index (κ1) is 19.7. The quantitative estimate of drug-likeness (QED) is 0.527. The number of hydrogen-bond donors (Lipinski definition) is 1. The maximum atomic E-state index is 10.2. The molecule has 0 aliphatic carbocycles. The number of aliphatic hydroxyl groups is 1. The van der Waals surface area contributed by atoms with Crippen molar-refractivity contribution in [2.75, 3.05) is 19.5 Å². The van der Waals surface area contributed by atoms with Crippen molar-refractivity contribution < 1.29 is 14.6 Å². The van der Waals surface area contributed by atoms with Crippen molar-refractivity contribution >= 4 is 27.7 Å². The number of aliphatic hydroxyl groups excluding tert-OH is 1. The summed E-state index contributed by atoms with van der Waals surface area (Å²) >= 11 is 4.74. The van der Waals surface area contributed by atoms with Crippen LogP contribution in [-0.2, 0) is 0 Å². The zero-order valence-corrected chi connectivity index (χ0v) is 17.3. The predicted molar refractivity (Wildman–Crippen MR) is 107 cm³/mol. The van der Waals surface area contributed by atoms with Gasteiger partial charge in [0.2, 0.25) is 5.16 Å². The Morgan fingerprint density at radius 3 is 2.89 bits per heavy atom. The first-order valence-electron chi connectivity index (χ1n) is 8.19. The molecular formula is C18H19BrN4O3S. The van der Waals surface area contributed by atoms with Crippen LogP contribution in [0.4, 0.5) is 0 Å². The van der Waals surface area contributed by atoms with Gasteiger partial charge in [0.25, 0.3) is 0 Å². The molecule has 0 saturated carbocycles. The highest BCUT2D eigenvalue weighted by molar-refractivity contribution is 9.10. The molecule has 0 amide bonds. The maximum absolute atomic E-state index is 10.2. The SMILES string of the molecule is COc1ccc(C)cc1-n1nnnc1SCC(O)COc1cccc(Br)c1. The molecular weight excluding hydrogens is 432 g/mol. The van der Waals surface area contributed by atoms with Crippen molar-refractivity contribution in [3.63, 3.8) is 0 Å². The molecule has 9 heteroatoms. The molecule has 2 aromatic carbocycles. The normalized spacial score (nSPS) is 12.0. The topological polar surface area (TPSA) is 82.3 Å². The summed E-state index contributed by atoms with van der Waals surface area (Å²) in [5, 5.41) is 22.7. The number of nitrogens with zero attached hydrogens (tertiary/aromatic N) is 4. The van der Waals surface area contributed by atoms with E-state index in [2.05, 4.69) is 31.5 Å². The molecule has 0 saturated heterocycles. The van der Waals surface area contributed by atoms with E-state index in [9.17, 15) is 5.11 Å². The maximum Gasteiger partial charge on any atom is 0.214 e. The van der Waals surface area contributed by atoms with E-state index in [0.717, 1.165) is 15.7 Å². The van der Waals surface area contributed by atoms with Gasteiger partial charge < -0.3 is 14.6 Å². The second-order valence-corrected chi connectivity index (χ2v) is 7.68. The summed E-state index contributed by atoms with van der Waals surface area (Å²) in [6.45, 7) is 2.17.